The highest BCUT2D eigenvalue weighted by atomic mass is 32.1. The van der Waals surface area contributed by atoms with Crippen molar-refractivity contribution in [2.24, 2.45) is 0 Å². The van der Waals surface area contributed by atoms with E-state index in [-0.39, 0.29) is 30.6 Å². The van der Waals surface area contributed by atoms with Crippen molar-refractivity contribution in [1.29, 1.82) is 0 Å². The van der Waals surface area contributed by atoms with Gasteiger partial charge in [0.15, 0.2) is 5.65 Å². The Morgan fingerprint density at radius 3 is 3.00 bits per heavy atom. The van der Waals surface area contributed by atoms with Crippen molar-refractivity contribution < 1.29 is 9.59 Å². The molecule has 0 aliphatic carbocycles. The highest BCUT2D eigenvalue weighted by Crippen LogP contribution is 2.26. The maximum absolute atomic E-state index is 12.6. The molecule has 10 heteroatoms. The van der Waals surface area contributed by atoms with Gasteiger partial charge in [0.2, 0.25) is 16.9 Å². The van der Waals surface area contributed by atoms with Gasteiger partial charge in [-0.25, -0.2) is 0 Å². The van der Waals surface area contributed by atoms with Crippen LogP contribution in [0.1, 0.15) is 37.4 Å². The molecule has 3 aromatic rings. The molecule has 0 saturated carbocycles. The van der Waals surface area contributed by atoms with Crippen molar-refractivity contribution in [2.45, 2.75) is 31.6 Å². The largest absolute Gasteiger partial charge is 0.342 e. The van der Waals surface area contributed by atoms with Crippen LogP contribution in [0.2, 0.25) is 0 Å². The van der Waals surface area contributed by atoms with E-state index in [1.807, 2.05) is 33.7 Å². The fourth-order valence-electron chi connectivity index (χ4n) is 3.34. The van der Waals surface area contributed by atoms with Crippen LogP contribution in [0.4, 0.5) is 5.13 Å². The third kappa shape index (κ3) is 3.95. The van der Waals surface area contributed by atoms with E-state index in [9.17, 15) is 9.59 Å². The van der Waals surface area contributed by atoms with Crippen LogP contribution in [-0.2, 0) is 9.59 Å². The molecule has 3 aromatic heterocycles. The summed E-state index contributed by atoms with van der Waals surface area (Å²) in [7, 11) is 0. The molecule has 1 N–H and O–H groups in total. The van der Waals surface area contributed by atoms with Crippen molar-refractivity contribution in [3.8, 4) is 0 Å². The van der Waals surface area contributed by atoms with E-state index in [1.165, 1.54) is 11.3 Å². The number of carbonyl (C=O) groups is 2. The van der Waals surface area contributed by atoms with Crippen LogP contribution in [0.3, 0.4) is 0 Å². The molecule has 2 amide bonds. The maximum atomic E-state index is 12.6. The van der Waals surface area contributed by atoms with E-state index >= 15 is 0 Å². The number of hydrogen-bond acceptors (Lipinski definition) is 7. The van der Waals surface area contributed by atoms with Gasteiger partial charge in [-0.05, 0) is 25.0 Å². The SMILES string of the molecule is O=C(CCC(=O)N1CCCC(c2nnc3ccccn23)C1)Nc1nncs1. The predicted molar refractivity (Wildman–Crippen MR) is 99.3 cm³/mol. The smallest absolute Gasteiger partial charge is 0.226 e. The molecule has 9 nitrogen and oxygen atoms in total. The molecule has 1 saturated heterocycles. The lowest BCUT2D eigenvalue weighted by Gasteiger charge is -2.32. The Kier molecular flexibility index (Phi) is 5.05. The topological polar surface area (TPSA) is 105 Å². The Morgan fingerprint density at radius 2 is 2.15 bits per heavy atom. The number of aromatic nitrogens is 5. The van der Waals surface area contributed by atoms with Gasteiger partial charge in [-0.3, -0.25) is 14.0 Å². The number of likely N-dealkylation sites (tertiary alicyclic amines) is 1. The molecular weight excluding hydrogens is 366 g/mol. The monoisotopic (exact) mass is 385 g/mol. The van der Waals surface area contributed by atoms with Gasteiger partial charge >= 0.3 is 0 Å². The Balaban J connectivity index is 1.35. The van der Waals surface area contributed by atoms with E-state index < -0.39 is 0 Å². The normalized spacial score (nSPS) is 17.2. The molecule has 1 aliphatic heterocycles. The summed E-state index contributed by atoms with van der Waals surface area (Å²) in [6.45, 7) is 1.32. The highest BCUT2D eigenvalue weighted by Gasteiger charge is 2.28. The van der Waals surface area contributed by atoms with Crippen molar-refractivity contribution in [3.05, 3.63) is 35.7 Å². The number of anilines is 1. The van der Waals surface area contributed by atoms with Gasteiger partial charge in [0, 0.05) is 38.0 Å². The van der Waals surface area contributed by atoms with Crippen LogP contribution in [0.5, 0.6) is 0 Å². The van der Waals surface area contributed by atoms with Gasteiger partial charge in [-0.1, -0.05) is 17.4 Å². The van der Waals surface area contributed by atoms with Crippen molar-refractivity contribution in [3.63, 3.8) is 0 Å². The summed E-state index contributed by atoms with van der Waals surface area (Å²) in [5.74, 6) is 0.797. The van der Waals surface area contributed by atoms with Crippen LogP contribution in [-0.4, -0.2) is 54.6 Å². The number of carbonyl (C=O) groups excluding carboxylic acids is 2. The number of piperidine rings is 1. The zero-order valence-electron chi connectivity index (χ0n) is 14.6. The molecular formula is C17H19N7O2S. The summed E-state index contributed by atoms with van der Waals surface area (Å²) in [6, 6.07) is 5.79. The summed E-state index contributed by atoms with van der Waals surface area (Å²) in [6.07, 6.45) is 4.14. The zero-order valence-corrected chi connectivity index (χ0v) is 15.4. The number of fused-ring (bicyclic) bond motifs is 1. The molecule has 0 aromatic carbocycles. The lowest BCUT2D eigenvalue weighted by molar-refractivity contribution is -0.134. The average Bonchev–Trinajstić information content (AvgIpc) is 3.36. The second-order valence-electron chi connectivity index (χ2n) is 6.46. The third-order valence-corrected chi connectivity index (χ3v) is 5.26. The molecule has 0 bridgehead atoms. The summed E-state index contributed by atoms with van der Waals surface area (Å²) >= 11 is 1.25. The predicted octanol–water partition coefficient (Wildman–Crippen LogP) is 1.71. The molecule has 1 atom stereocenters. The van der Waals surface area contributed by atoms with E-state index in [2.05, 4.69) is 25.7 Å². The minimum Gasteiger partial charge on any atom is -0.342 e. The van der Waals surface area contributed by atoms with Gasteiger partial charge in [-0.2, -0.15) is 0 Å². The lowest BCUT2D eigenvalue weighted by atomic mass is 9.97. The Hall–Kier alpha value is -2.88. The number of pyridine rings is 1. The highest BCUT2D eigenvalue weighted by molar-refractivity contribution is 7.13. The maximum Gasteiger partial charge on any atom is 0.226 e. The molecule has 27 heavy (non-hydrogen) atoms. The number of nitrogens with one attached hydrogen (secondary N) is 1. The standard InChI is InChI=1S/C17H19N7O2S/c25-14(19-17-22-18-11-27-17)6-7-15(26)23-8-3-4-12(10-23)16-21-20-13-5-1-2-9-24(13)16/h1-2,5,9,11-12H,3-4,6-8,10H2,(H,19,22,25). The van der Waals surface area contributed by atoms with E-state index in [0.29, 0.717) is 18.2 Å². The molecule has 4 rings (SSSR count). The molecule has 0 radical (unpaired) electrons. The number of hydrogen-bond donors (Lipinski definition) is 1. The second-order valence-corrected chi connectivity index (χ2v) is 7.29. The number of nitrogens with zero attached hydrogens (tertiary/aromatic N) is 6. The van der Waals surface area contributed by atoms with E-state index in [0.717, 1.165) is 24.3 Å². The Labute approximate surface area is 159 Å². The number of amides is 2. The molecule has 1 fully saturated rings. The minimum atomic E-state index is -0.225. The van der Waals surface area contributed by atoms with Crippen LogP contribution in [0.15, 0.2) is 29.9 Å². The van der Waals surface area contributed by atoms with Gasteiger partial charge in [0.25, 0.3) is 0 Å². The Morgan fingerprint density at radius 1 is 1.22 bits per heavy atom. The summed E-state index contributed by atoms with van der Waals surface area (Å²) in [4.78, 5) is 26.3. The quantitative estimate of drug-likeness (QED) is 0.717. The second kappa shape index (κ2) is 7.78. The number of rotatable bonds is 5. The first-order chi connectivity index (χ1) is 13.2. The van der Waals surface area contributed by atoms with E-state index in [4.69, 9.17) is 0 Å². The molecule has 140 valence electrons. The molecule has 0 spiro atoms. The minimum absolute atomic E-state index is 0.0130. The van der Waals surface area contributed by atoms with Crippen LogP contribution in [0.25, 0.3) is 5.65 Å². The van der Waals surface area contributed by atoms with Gasteiger partial charge < -0.3 is 10.2 Å². The van der Waals surface area contributed by atoms with Gasteiger partial charge in [-0.15, -0.1) is 20.4 Å². The average molecular weight is 385 g/mol. The summed E-state index contributed by atoms with van der Waals surface area (Å²) in [5, 5.41) is 19.1. The molecule has 1 unspecified atom stereocenters. The van der Waals surface area contributed by atoms with Crippen molar-refractivity contribution in [1.82, 2.24) is 29.7 Å². The van der Waals surface area contributed by atoms with E-state index in [1.54, 1.807) is 5.51 Å². The summed E-state index contributed by atoms with van der Waals surface area (Å²) in [5.41, 5.74) is 2.35. The molecule has 1 aliphatic rings. The Bertz CT molecular complexity index is 940. The molecule has 4 heterocycles. The third-order valence-electron chi connectivity index (χ3n) is 4.65. The van der Waals surface area contributed by atoms with Crippen LogP contribution < -0.4 is 5.32 Å². The first-order valence-electron chi connectivity index (χ1n) is 8.84. The fraction of sp³-hybridized carbons (Fsp3) is 0.412. The first-order valence-corrected chi connectivity index (χ1v) is 9.72. The van der Waals surface area contributed by atoms with Crippen molar-refractivity contribution >= 4 is 33.9 Å². The fourth-order valence-corrected chi connectivity index (χ4v) is 3.80. The van der Waals surface area contributed by atoms with Crippen LogP contribution in [0, 0.1) is 0 Å². The lowest BCUT2D eigenvalue weighted by Crippen LogP contribution is -2.39. The zero-order chi connectivity index (χ0) is 18.6. The summed E-state index contributed by atoms with van der Waals surface area (Å²) < 4.78 is 1.98. The first kappa shape index (κ1) is 17.5. The van der Waals surface area contributed by atoms with Gasteiger partial charge in [0.05, 0.1) is 0 Å². The van der Waals surface area contributed by atoms with Gasteiger partial charge in [0.1, 0.15) is 11.3 Å². The van der Waals surface area contributed by atoms with Crippen molar-refractivity contribution in [2.75, 3.05) is 18.4 Å². The van der Waals surface area contributed by atoms with Crippen LogP contribution >= 0.6 is 11.3 Å².